The normalized spacial score (nSPS) is 29.8. The van der Waals surface area contributed by atoms with Crippen molar-refractivity contribution in [2.24, 2.45) is 28.1 Å². The van der Waals surface area contributed by atoms with E-state index >= 15 is 0 Å². The van der Waals surface area contributed by atoms with Crippen LogP contribution >= 0.6 is 0 Å². The van der Waals surface area contributed by atoms with Crippen molar-refractivity contribution >= 4 is 39.4 Å². The first-order chi connectivity index (χ1) is 23.6. The number of carbonyl (C=O) groups excluding carboxylic acids is 5. The van der Waals surface area contributed by atoms with Crippen molar-refractivity contribution in [1.82, 2.24) is 26.2 Å². The lowest BCUT2D eigenvalue weighted by Crippen LogP contribution is -2.66. The van der Waals surface area contributed by atoms with E-state index < -0.39 is 73.7 Å². The summed E-state index contributed by atoms with van der Waals surface area (Å²) in [4.78, 5) is 70.3. The van der Waals surface area contributed by atoms with Crippen LogP contribution in [0.25, 0.3) is 0 Å². The summed E-state index contributed by atoms with van der Waals surface area (Å²) in [6.45, 7) is 16.2. The van der Waals surface area contributed by atoms with E-state index in [-0.39, 0.29) is 34.5 Å². The summed E-state index contributed by atoms with van der Waals surface area (Å²) in [5.74, 6) is -2.19. The van der Waals surface area contributed by atoms with Crippen LogP contribution in [0, 0.1) is 28.1 Å². The van der Waals surface area contributed by atoms with Crippen LogP contribution in [0.15, 0.2) is 0 Å². The Morgan fingerprint density at radius 2 is 1.57 bits per heavy atom. The van der Waals surface area contributed by atoms with Crippen molar-refractivity contribution in [2.75, 3.05) is 12.3 Å². The Morgan fingerprint density at radius 1 is 0.922 bits per heavy atom. The molecule has 0 radical (unpaired) electrons. The van der Waals surface area contributed by atoms with E-state index in [1.807, 2.05) is 27.7 Å². The van der Waals surface area contributed by atoms with Crippen LogP contribution in [0.5, 0.6) is 0 Å². The predicted octanol–water partition coefficient (Wildman–Crippen LogP) is 4.01. The molecule has 2 saturated heterocycles. The largest absolute Gasteiger partial charge is 0.347 e. The van der Waals surface area contributed by atoms with Crippen LogP contribution in [0.3, 0.4) is 0 Å². The second-order valence-corrected chi connectivity index (χ2v) is 21.1. The number of fused-ring (bicyclic) bond motifs is 1. The Labute approximate surface area is 305 Å². The van der Waals surface area contributed by atoms with Crippen LogP contribution in [-0.2, 0) is 29.0 Å². The summed E-state index contributed by atoms with van der Waals surface area (Å²) >= 11 is 0. The van der Waals surface area contributed by atoms with E-state index in [0.29, 0.717) is 45.1 Å². The third-order valence-corrected chi connectivity index (χ3v) is 15.0. The Morgan fingerprint density at radius 3 is 2.16 bits per heavy atom. The molecule has 0 aromatic rings. The fraction of sp³-hybridized carbons (Fsp3) is 0.868. The average molecular weight is 734 g/mol. The second-order valence-electron chi connectivity index (χ2n) is 18.8. The molecule has 5 amide bonds. The number of amides is 5. The molecule has 3 saturated carbocycles. The number of nitrogens with one attached hydrogen (secondary N) is 4. The summed E-state index contributed by atoms with van der Waals surface area (Å²) in [5, 5.41) is 11.0. The number of urea groups is 1. The Balaban J connectivity index is 1.36. The third kappa shape index (κ3) is 8.43. The van der Waals surface area contributed by atoms with Crippen LogP contribution in [0.2, 0.25) is 0 Å². The summed E-state index contributed by atoms with van der Waals surface area (Å²) in [6, 6.07) is -3.46. The van der Waals surface area contributed by atoms with Crippen molar-refractivity contribution in [3.05, 3.63) is 0 Å². The molecule has 5 fully saturated rings. The summed E-state index contributed by atoms with van der Waals surface area (Å²) in [5.41, 5.74) is -2.06. The molecule has 288 valence electrons. The molecule has 13 heteroatoms. The van der Waals surface area contributed by atoms with E-state index in [2.05, 4.69) is 49.0 Å². The molecule has 12 nitrogen and oxygen atoms in total. The van der Waals surface area contributed by atoms with Crippen LogP contribution in [0.1, 0.15) is 132 Å². The topological polar surface area (TPSA) is 171 Å². The van der Waals surface area contributed by atoms with Crippen molar-refractivity contribution in [2.45, 2.75) is 167 Å². The standard InChI is InChI=1S/C38H63N5O7S/c1-9-10-14-25(29(44)32(46)39-23-15-16-23)40-31(45)28-27-24(37(27,7)8)22-43(28)33(47)30(35(2,3)4)41-34(48)42-38(17-12-11-13-18-38)26-21-36(5,6)19-20-51(26,49)50/h23-28,30H,9-22H2,1-8H3,(H,39,46)(H,40,45)(H2,41,42,48)/t24-,25-,26-,27-,28-,30+/m0/s1. The maximum atomic E-state index is 14.6. The number of Topliss-reactive ketones (excluding diaryl/α,β-unsaturated/α-hetero) is 1. The first-order valence-electron chi connectivity index (χ1n) is 19.4. The maximum Gasteiger partial charge on any atom is 0.315 e. The van der Waals surface area contributed by atoms with Gasteiger partial charge in [-0.15, -0.1) is 0 Å². The van der Waals surface area contributed by atoms with Gasteiger partial charge in [0.05, 0.1) is 22.6 Å². The van der Waals surface area contributed by atoms with Crippen LogP contribution in [0.4, 0.5) is 4.79 Å². The number of piperidine rings is 1. The zero-order chi connectivity index (χ0) is 37.7. The van der Waals surface area contributed by atoms with Gasteiger partial charge in [0.25, 0.3) is 5.91 Å². The Kier molecular flexibility index (Phi) is 11.1. The van der Waals surface area contributed by atoms with Crippen LogP contribution in [-0.4, -0.2) is 90.1 Å². The highest BCUT2D eigenvalue weighted by Gasteiger charge is 2.70. The molecule has 51 heavy (non-hydrogen) atoms. The number of hydrogen-bond donors (Lipinski definition) is 4. The van der Waals surface area contributed by atoms with E-state index in [1.54, 1.807) is 4.90 Å². The number of carbonyl (C=O) groups is 5. The number of rotatable bonds is 12. The highest BCUT2D eigenvalue weighted by molar-refractivity contribution is 7.92. The molecule has 3 aliphatic carbocycles. The number of sulfone groups is 1. The van der Waals surface area contributed by atoms with Crippen molar-refractivity contribution < 1.29 is 32.4 Å². The van der Waals surface area contributed by atoms with Crippen LogP contribution < -0.4 is 21.3 Å². The molecule has 2 aliphatic heterocycles. The van der Waals surface area contributed by atoms with Gasteiger partial charge in [0.1, 0.15) is 12.1 Å². The second kappa shape index (κ2) is 14.3. The third-order valence-electron chi connectivity index (χ3n) is 12.7. The minimum Gasteiger partial charge on any atom is -0.347 e. The van der Waals surface area contributed by atoms with Gasteiger partial charge in [-0.2, -0.15) is 0 Å². The lowest BCUT2D eigenvalue weighted by Gasteiger charge is -2.48. The van der Waals surface area contributed by atoms with E-state index in [4.69, 9.17) is 0 Å². The first kappa shape index (κ1) is 39.5. The smallest absolute Gasteiger partial charge is 0.315 e. The lowest BCUT2D eigenvalue weighted by molar-refractivity contribution is -0.145. The average Bonchev–Trinajstić information content (AvgIpc) is 3.89. The van der Waals surface area contributed by atoms with Gasteiger partial charge >= 0.3 is 6.03 Å². The number of ketones is 1. The molecule has 0 aromatic carbocycles. The molecule has 5 aliphatic rings. The summed E-state index contributed by atoms with van der Waals surface area (Å²) in [6.07, 6.45) is 8.15. The lowest BCUT2D eigenvalue weighted by atomic mass is 9.73. The van der Waals surface area contributed by atoms with Gasteiger partial charge < -0.3 is 26.2 Å². The molecule has 6 atom stereocenters. The fourth-order valence-corrected chi connectivity index (χ4v) is 11.9. The molecule has 0 bridgehead atoms. The first-order valence-corrected chi connectivity index (χ1v) is 21.1. The minimum atomic E-state index is -3.46. The van der Waals surface area contributed by atoms with E-state index in [9.17, 15) is 32.4 Å². The van der Waals surface area contributed by atoms with Gasteiger partial charge in [-0.1, -0.05) is 87.5 Å². The molecule has 5 rings (SSSR count). The minimum absolute atomic E-state index is 0.00544. The number of unbranched alkanes of at least 4 members (excludes halogenated alkanes) is 1. The Hall–Kier alpha value is -2.70. The van der Waals surface area contributed by atoms with E-state index in [0.717, 1.165) is 38.5 Å². The predicted molar refractivity (Wildman–Crippen MR) is 195 cm³/mol. The molecule has 0 aromatic heterocycles. The molecular weight excluding hydrogens is 671 g/mol. The van der Waals surface area contributed by atoms with Crippen molar-refractivity contribution in [3.63, 3.8) is 0 Å². The zero-order valence-electron chi connectivity index (χ0n) is 32.2. The molecule has 0 unspecified atom stereocenters. The van der Waals surface area contributed by atoms with Gasteiger partial charge in [-0.3, -0.25) is 19.2 Å². The highest BCUT2D eigenvalue weighted by atomic mass is 32.2. The van der Waals surface area contributed by atoms with Crippen molar-refractivity contribution in [3.8, 4) is 0 Å². The fourth-order valence-electron chi connectivity index (χ4n) is 9.14. The van der Waals surface area contributed by atoms with Gasteiger partial charge in [-0.25, -0.2) is 13.2 Å². The number of hydrogen-bond acceptors (Lipinski definition) is 7. The van der Waals surface area contributed by atoms with Gasteiger partial charge in [-0.05, 0) is 73.0 Å². The van der Waals surface area contributed by atoms with Crippen molar-refractivity contribution in [1.29, 1.82) is 0 Å². The number of nitrogens with zero attached hydrogens (tertiary/aromatic N) is 1. The monoisotopic (exact) mass is 733 g/mol. The molecule has 4 N–H and O–H groups in total. The quantitative estimate of drug-likeness (QED) is 0.220. The highest BCUT2D eigenvalue weighted by Crippen LogP contribution is 2.65. The molecule has 2 heterocycles. The molecule has 0 spiro atoms. The van der Waals surface area contributed by atoms with E-state index in [1.165, 1.54) is 0 Å². The zero-order valence-corrected chi connectivity index (χ0v) is 33.0. The summed E-state index contributed by atoms with van der Waals surface area (Å²) in [7, 11) is -3.46. The summed E-state index contributed by atoms with van der Waals surface area (Å²) < 4.78 is 27.1. The Bertz CT molecular complexity index is 1490. The van der Waals surface area contributed by atoms with Gasteiger partial charge in [0.2, 0.25) is 17.6 Å². The van der Waals surface area contributed by atoms with Gasteiger partial charge in [0, 0.05) is 12.6 Å². The maximum absolute atomic E-state index is 14.6. The van der Waals surface area contributed by atoms with Gasteiger partial charge in [0.15, 0.2) is 9.84 Å². The molecular formula is C38H63N5O7S. The SMILES string of the molecule is CCCC[C@H](NC(=O)[C@@H]1[C@@H]2[C@H](CN1C(=O)[C@@H](NC(=O)NC1([C@@H]3CC(C)(C)CCS3(=O)=O)CCCCC1)C(C)(C)C)C2(C)C)C(=O)C(=O)NC1CC1. The number of likely N-dealkylation sites (tertiary alicyclic amines) is 1.